The number of aromatic carboxylic acids is 1. The molecule has 18 heavy (non-hydrogen) atoms. The third kappa shape index (κ3) is 2.45. The number of carboxylic acid groups (broad SMARTS) is 1. The molecule has 9 heteroatoms. The van der Waals surface area contributed by atoms with Crippen LogP contribution in [0.25, 0.3) is 0 Å². The Labute approximate surface area is 117 Å². The standard InChI is InChI=1S/C9H11BrN2O4S2/c10-8-7(3-6(17-8)9(13)14)18(15,16)12-2-1-5(11)4-12/h3,5H,1-2,4,11H2,(H,13,14). The lowest BCUT2D eigenvalue weighted by molar-refractivity contribution is 0.0702. The zero-order chi connectivity index (χ0) is 13.5. The van der Waals surface area contributed by atoms with Crippen molar-refractivity contribution in [2.24, 2.45) is 5.73 Å². The summed E-state index contributed by atoms with van der Waals surface area (Å²) in [6, 6.07) is 1.02. The molecular weight excluding hydrogens is 344 g/mol. The smallest absolute Gasteiger partial charge is 0.345 e. The fourth-order valence-corrected chi connectivity index (χ4v) is 5.61. The molecule has 0 aromatic carbocycles. The molecule has 1 fully saturated rings. The number of hydrogen-bond acceptors (Lipinski definition) is 5. The lowest BCUT2D eigenvalue weighted by Crippen LogP contribution is -2.31. The Morgan fingerprint density at radius 3 is 2.72 bits per heavy atom. The van der Waals surface area contributed by atoms with Gasteiger partial charge in [-0.05, 0) is 28.4 Å². The van der Waals surface area contributed by atoms with Gasteiger partial charge in [-0.2, -0.15) is 4.31 Å². The van der Waals surface area contributed by atoms with Crippen LogP contribution in [0.3, 0.4) is 0 Å². The molecule has 0 radical (unpaired) electrons. The average Bonchev–Trinajstić information content (AvgIpc) is 2.85. The first kappa shape index (κ1) is 13.9. The molecule has 6 nitrogen and oxygen atoms in total. The van der Waals surface area contributed by atoms with Crippen LogP contribution < -0.4 is 5.73 Å². The predicted molar refractivity (Wildman–Crippen MR) is 70.3 cm³/mol. The number of nitrogens with zero attached hydrogens (tertiary/aromatic N) is 1. The molecule has 1 aliphatic heterocycles. The van der Waals surface area contributed by atoms with Crippen LogP contribution >= 0.6 is 27.3 Å². The van der Waals surface area contributed by atoms with E-state index in [-0.39, 0.29) is 22.4 Å². The van der Waals surface area contributed by atoms with Gasteiger partial charge in [0.25, 0.3) is 0 Å². The Bertz CT molecular complexity index is 583. The third-order valence-corrected chi connectivity index (χ3v) is 6.78. The summed E-state index contributed by atoms with van der Waals surface area (Å²) in [6.45, 7) is 0.640. The summed E-state index contributed by atoms with van der Waals surface area (Å²) in [5, 5.41) is 8.86. The van der Waals surface area contributed by atoms with E-state index in [1.807, 2.05) is 0 Å². The number of nitrogens with two attached hydrogens (primary N) is 1. The molecule has 0 saturated carbocycles. The van der Waals surface area contributed by atoms with Crippen LogP contribution in [0, 0.1) is 0 Å². The lowest BCUT2D eigenvalue weighted by Gasteiger charge is -2.15. The van der Waals surface area contributed by atoms with Gasteiger partial charge in [0.15, 0.2) is 0 Å². The minimum absolute atomic E-state index is 0.000926. The summed E-state index contributed by atoms with van der Waals surface area (Å²) in [5.74, 6) is -1.14. The van der Waals surface area contributed by atoms with Gasteiger partial charge in [0, 0.05) is 19.1 Å². The van der Waals surface area contributed by atoms with Crippen LogP contribution in [0.4, 0.5) is 0 Å². The fraction of sp³-hybridized carbons (Fsp3) is 0.444. The van der Waals surface area contributed by atoms with Crippen molar-refractivity contribution in [2.75, 3.05) is 13.1 Å². The van der Waals surface area contributed by atoms with Crippen LogP contribution in [0.1, 0.15) is 16.1 Å². The minimum Gasteiger partial charge on any atom is -0.477 e. The normalized spacial score (nSPS) is 21.3. The van der Waals surface area contributed by atoms with E-state index in [4.69, 9.17) is 10.8 Å². The maximum Gasteiger partial charge on any atom is 0.345 e. The van der Waals surface area contributed by atoms with Crippen molar-refractivity contribution in [1.82, 2.24) is 4.31 Å². The second kappa shape index (κ2) is 4.89. The van der Waals surface area contributed by atoms with E-state index >= 15 is 0 Å². The maximum atomic E-state index is 12.3. The number of carbonyl (C=O) groups is 1. The van der Waals surface area contributed by atoms with Gasteiger partial charge in [0.2, 0.25) is 10.0 Å². The highest BCUT2D eigenvalue weighted by atomic mass is 79.9. The first-order valence-electron chi connectivity index (χ1n) is 5.10. The Balaban J connectivity index is 2.38. The Hall–Kier alpha value is -0.480. The second-order valence-corrected chi connectivity index (χ2v) is 8.24. The van der Waals surface area contributed by atoms with Gasteiger partial charge in [-0.1, -0.05) is 0 Å². The number of hydrogen-bond donors (Lipinski definition) is 2. The van der Waals surface area contributed by atoms with E-state index in [2.05, 4.69) is 15.9 Å². The molecule has 0 aliphatic carbocycles. The summed E-state index contributed by atoms with van der Waals surface area (Å²) in [5.41, 5.74) is 5.68. The highest BCUT2D eigenvalue weighted by Crippen LogP contribution is 2.34. The number of rotatable bonds is 3. The molecule has 1 atom stereocenters. The van der Waals surface area contributed by atoms with Crippen molar-refractivity contribution < 1.29 is 18.3 Å². The van der Waals surface area contributed by atoms with Gasteiger partial charge in [0.1, 0.15) is 9.77 Å². The Kier molecular flexibility index (Phi) is 3.79. The zero-order valence-corrected chi connectivity index (χ0v) is 12.4. The number of carboxylic acids is 1. The fourth-order valence-electron chi connectivity index (χ4n) is 1.74. The van der Waals surface area contributed by atoms with Crippen molar-refractivity contribution in [2.45, 2.75) is 17.4 Å². The summed E-state index contributed by atoms with van der Waals surface area (Å²) in [7, 11) is -3.66. The number of sulfonamides is 1. The van der Waals surface area contributed by atoms with Gasteiger partial charge in [-0.25, -0.2) is 13.2 Å². The minimum atomic E-state index is -3.66. The molecular formula is C9H11BrN2O4S2. The quantitative estimate of drug-likeness (QED) is 0.840. The third-order valence-electron chi connectivity index (χ3n) is 2.67. The van der Waals surface area contributed by atoms with Crippen LogP contribution in [0.5, 0.6) is 0 Å². The van der Waals surface area contributed by atoms with Gasteiger partial charge in [-0.15, -0.1) is 11.3 Å². The van der Waals surface area contributed by atoms with Crippen molar-refractivity contribution in [3.8, 4) is 0 Å². The molecule has 3 N–H and O–H groups in total. The molecule has 2 heterocycles. The number of thiophene rings is 1. The first-order chi connectivity index (χ1) is 8.32. The molecule has 1 aromatic heterocycles. The highest BCUT2D eigenvalue weighted by Gasteiger charge is 2.33. The van der Waals surface area contributed by atoms with Crippen molar-refractivity contribution in [3.05, 3.63) is 14.7 Å². The highest BCUT2D eigenvalue weighted by molar-refractivity contribution is 9.11. The molecule has 1 saturated heterocycles. The van der Waals surface area contributed by atoms with Crippen molar-refractivity contribution in [3.63, 3.8) is 0 Å². The van der Waals surface area contributed by atoms with Gasteiger partial charge in [0.05, 0.1) is 3.79 Å². The lowest BCUT2D eigenvalue weighted by atomic mass is 10.3. The summed E-state index contributed by atoms with van der Waals surface area (Å²) in [4.78, 5) is 10.8. The molecule has 1 unspecified atom stereocenters. The summed E-state index contributed by atoms with van der Waals surface area (Å²) in [6.07, 6.45) is 0.618. The van der Waals surface area contributed by atoms with E-state index in [9.17, 15) is 13.2 Å². The summed E-state index contributed by atoms with van der Waals surface area (Å²) < 4.78 is 26.2. The maximum absolute atomic E-state index is 12.3. The molecule has 1 aliphatic rings. The van der Waals surface area contributed by atoms with Crippen LogP contribution in [0.2, 0.25) is 0 Å². The van der Waals surface area contributed by atoms with E-state index in [1.54, 1.807) is 0 Å². The number of halogens is 1. The Morgan fingerprint density at radius 2 is 2.28 bits per heavy atom. The predicted octanol–water partition coefficient (Wildman–Crippen LogP) is 0.930. The SMILES string of the molecule is NC1CCN(S(=O)(=O)c2cc(C(=O)O)sc2Br)C1. The van der Waals surface area contributed by atoms with Crippen molar-refractivity contribution in [1.29, 1.82) is 0 Å². The van der Waals surface area contributed by atoms with E-state index in [0.29, 0.717) is 16.8 Å². The molecule has 0 bridgehead atoms. The van der Waals surface area contributed by atoms with Crippen LogP contribution in [0.15, 0.2) is 14.7 Å². The van der Waals surface area contributed by atoms with Gasteiger partial charge in [-0.3, -0.25) is 0 Å². The van der Waals surface area contributed by atoms with Crippen LogP contribution in [-0.2, 0) is 10.0 Å². The van der Waals surface area contributed by atoms with Crippen molar-refractivity contribution >= 4 is 43.3 Å². The van der Waals surface area contributed by atoms with Gasteiger partial charge < -0.3 is 10.8 Å². The topological polar surface area (TPSA) is 101 Å². The van der Waals surface area contributed by atoms with Gasteiger partial charge >= 0.3 is 5.97 Å². The second-order valence-electron chi connectivity index (χ2n) is 3.97. The molecule has 2 rings (SSSR count). The van der Waals surface area contributed by atoms with Crippen LogP contribution in [-0.4, -0.2) is 42.9 Å². The molecule has 100 valence electrons. The van der Waals surface area contributed by atoms with E-state index in [1.165, 1.54) is 10.4 Å². The molecule has 1 aromatic rings. The Morgan fingerprint density at radius 1 is 1.61 bits per heavy atom. The van der Waals surface area contributed by atoms with E-state index < -0.39 is 16.0 Å². The average molecular weight is 355 g/mol. The largest absolute Gasteiger partial charge is 0.477 e. The zero-order valence-electron chi connectivity index (χ0n) is 9.17. The van der Waals surface area contributed by atoms with E-state index in [0.717, 1.165) is 11.3 Å². The molecule has 0 amide bonds. The first-order valence-corrected chi connectivity index (χ1v) is 8.15. The monoisotopic (exact) mass is 354 g/mol. The molecule has 0 spiro atoms. The summed E-state index contributed by atoms with van der Waals surface area (Å²) >= 11 is 3.99.